The van der Waals surface area contributed by atoms with Crippen molar-refractivity contribution in [3.63, 3.8) is 0 Å². The van der Waals surface area contributed by atoms with Gasteiger partial charge in [-0.3, -0.25) is 14.5 Å². The van der Waals surface area contributed by atoms with Gasteiger partial charge in [-0.05, 0) is 43.2 Å². The number of aliphatic carboxylic acids is 1. The van der Waals surface area contributed by atoms with Gasteiger partial charge in [-0.15, -0.1) is 0 Å². The summed E-state index contributed by atoms with van der Waals surface area (Å²) in [5.41, 5.74) is 3.59. The van der Waals surface area contributed by atoms with Crippen molar-refractivity contribution in [2.24, 2.45) is 0 Å². The minimum atomic E-state index is -0.924. The molecule has 1 amide bonds. The summed E-state index contributed by atoms with van der Waals surface area (Å²) in [6.45, 7) is 4.03. The fraction of sp³-hybridized carbons (Fsp3) is 0.190. The van der Waals surface area contributed by atoms with Gasteiger partial charge in [0, 0.05) is 5.56 Å². The Hall–Kier alpha value is -2.64. The number of anilines is 1. The second kappa shape index (κ2) is 8.58. The Morgan fingerprint density at radius 2 is 1.96 bits per heavy atom. The molecule has 2 aromatic carbocycles. The van der Waals surface area contributed by atoms with Crippen LogP contribution in [0.25, 0.3) is 6.08 Å². The lowest BCUT2D eigenvalue weighted by Gasteiger charge is -2.18. The van der Waals surface area contributed by atoms with Crippen molar-refractivity contribution in [2.45, 2.75) is 20.3 Å². The number of thiocarbonyl (C=S) groups is 1. The lowest BCUT2D eigenvalue weighted by molar-refractivity contribution is -0.137. The Morgan fingerprint density at radius 1 is 1.21 bits per heavy atom. The number of carboxylic acids is 1. The number of carbonyl (C=O) groups excluding carboxylic acids is 1. The van der Waals surface area contributed by atoms with Gasteiger partial charge >= 0.3 is 5.97 Å². The Kier molecular flexibility index (Phi) is 6.16. The number of ether oxygens (including phenoxy) is 1. The van der Waals surface area contributed by atoms with Gasteiger partial charge in [0.25, 0.3) is 5.91 Å². The second-order valence-electron chi connectivity index (χ2n) is 6.27. The highest BCUT2D eigenvalue weighted by atomic mass is 32.2. The van der Waals surface area contributed by atoms with Gasteiger partial charge in [0.15, 0.2) is 4.32 Å². The van der Waals surface area contributed by atoms with Gasteiger partial charge in [-0.25, -0.2) is 0 Å². The van der Waals surface area contributed by atoms with Crippen molar-refractivity contribution in [3.05, 3.63) is 64.1 Å². The molecular formula is C21H19NO4S2. The van der Waals surface area contributed by atoms with E-state index < -0.39 is 5.97 Å². The van der Waals surface area contributed by atoms with Crippen molar-refractivity contribution in [3.8, 4) is 5.75 Å². The first-order chi connectivity index (χ1) is 13.4. The van der Waals surface area contributed by atoms with Crippen LogP contribution in [-0.2, 0) is 9.59 Å². The molecule has 0 spiro atoms. The summed E-state index contributed by atoms with van der Waals surface area (Å²) in [4.78, 5) is 25.8. The SMILES string of the molecule is Cc1cccc(N2C(=O)/C(=C\c3ccccc3OCCC(=O)O)SC2=S)c1C. The monoisotopic (exact) mass is 413 g/mol. The van der Waals surface area contributed by atoms with E-state index in [4.69, 9.17) is 22.1 Å². The highest BCUT2D eigenvalue weighted by molar-refractivity contribution is 8.27. The van der Waals surface area contributed by atoms with Gasteiger partial charge in [-0.1, -0.05) is 54.3 Å². The standard InChI is InChI=1S/C21H19NO4S2/c1-13-6-5-8-16(14(13)2)22-20(25)18(28-21(22)27)12-15-7-3-4-9-17(15)26-11-10-19(23)24/h3-9,12H,10-11H2,1-2H3,(H,23,24)/b18-12+. The number of carbonyl (C=O) groups is 2. The van der Waals surface area contributed by atoms with Crippen molar-refractivity contribution in [2.75, 3.05) is 11.5 Å². The highest BCUT2D eigenvalue weighted by Gasteiger charge is 2.34. The summed E-state index contributed by atoms with van der Waals surface area (Å²) < 4.78 is 6.05. The van der Waals surface area contributed by atoms with E-state index in [2.05, 4.69) is 0 Å². The predicted molar refractivity (Wildman–Crippen MR) is 116 cm³/mol. The molecule has 3 rings (SSSR count). The Bertz CT molecular complexity index is 984. The van der Waals surface area contributed by atoms with E-state index in [-0.39, 0.29) is 18.9 Å². The van der Waals surface area contributed by atoms with Crippen LogP contribution in [0.1, 0.15) is 23.1 Å². The van der Waals surface area contributed by atoms with E-state index in [0.29, 0.717) is 20.5 Å². The zero-order valence-corrected chi connectivity index (χ0v) is 17.1. The molecule has 2 aromatic rings. The third kappa shape index (κ3) is 4.26. The lowest BCUT2D eigenvalue weighted by atomic mass is 10.1. The zero-order chi connectivity index (χ0) is 20.3. The van der Waals surface area contributed by atoms with Crippen LogP contribution >= 0.6 is 24.0 Å². The van der Waals surface area contributed by atoms with E-state index in [9.17, 15) is 9.59 Å². The number of thioether (sulfide) groups is 1. The van der Waals surface area contributed by atoms with Crippen LogP contribution < -0.4 is 9.64 Å². The number of benzene rings is 2. The maximum atomic E-state index is 13.0. The van der Waals surface area contributed by atoms with E-state index in [0.717, 1.165) is 16.8 Å². The van der Waals surface area contributed by atoms with E-state index >= 15 is 0 Å². The zero-order valence-electron chi connectivity index (χ0n) is 15.5. The number of amides is 1. The first-order valence-corrected chi connectivity index (χ1v) is 9.88. The van der Waals surface area contributed by atoms with Crippen LogP contribution in [-0.4, -0.2) is 27.9 Å². The summed E-state index contributed by atoms with van der Waals surface area (Å²) in [7, 11) is 0. The van der Waals surface area contributed by atoms with Crippen molar-refractivity contribution < 1.29 is 19.4 Å². The number of aryl methyl sites for hydroxylation is 1. The summed E-state index contributed by atoms with van der Waals surface area (Å²) in [6, 6.07) is 13.0. The van der Waals surface area contributed by atoms with Crippen LogP contribution in [0.4, 0.5) is 5.69 Å². The maximum Gasteiger partial charge on any atom is 0.306 e. The average Bonchev–Trinajstić information content (AvgIpc) is 2.92. The first-order valence-electron chi connectivity index (χ1n) is 8.66. The van der Waals surface area contributed by atoms with Gasteiger partial charge < -0.3 is 9.84 Å². The Morgan fingerprint density at radius 3 is 2.71 bits per heavy atom. The minimum Gasteiger partial charge on any atom is -0.492 e. The fourth-order valence-electron chi connectivity index (χ4n) is 2.77. The summed E-state index contributed by atoms with van der Waals surface area (Å²) >= 11 is 6.70. The summed E-state index contributed by atoms with van der Waals surface area (Å²) in [5.74, 6) is -0.573. The number of carboxylic acid groups (broad SMARTS) is 1. The Balaban J connectivity index is 1.88. The lowest BCUT2D eigenvalue weighted by Crippen LogP contribution is -2.28. The first kappa shape index (κ1) is 20.1. The Labute approximate surface area is 173 Å². The topological polar surface area (TPSA) is 66.8 Å². The minimum absolute atomic E-state index is 0.0592. The quantitative estimate of drug-likeness (QED) is 0.553. The number of nitrogens with zero attached hydrogens (tertiary/aromatic N) is 1. The van der Waals surface area contributed by atoms with E-state index in [1.165, 1.54) is 11.8 Å². The molecule has 1 N–H and O–H groups in total. The maximum absolute atomic E-state index is 13.0. The van der Waals surface area contributed by atoms with Crippen LogP contribution in [0.2, 0.25) is 0 Å². The molecule has 1 saturated heterocycles. The van der Waals surface area contributed by atoms with Crippen molar-refractivity contribution >= 4 is 51.9 Å². The molecule has 0 aromatic heterocycles. The summed E-state index contributed by atoms with van der Waals surface area (Å²) in [6.07, 6.45) is 1.64. The molecule has 144 valence electrons. The molecule has 7 heteroatoms. The normalized spacial score (nSPS) is 15.4. The fourth-order valence-corrected chi connectivity index (χ4v) is 4.05. The molecule has 0 unspecified atom stereocenters. The molecule has 1 heterocycles. The molecule has 5 nitrogen and oxygen atoms in total. The number of rotatable bonds is 6. The molecular weight excluding hydrogens is 394 g/mol. The van der Waals surface area contributed by atoms with Crippen molar-refractivity contribution in [1.29, 1.82) is 0 Å². The third-order valence-electron chi connectivity index (χ3n) is 4.39. The predicted octanol–water partition coefficient (Wildman–Crippen LogP) is 4.56. The van der Waals surface area contributed by atoms with Crippen LogP contribution in [0.3, 0.4) is 0 Å². The summed E-state index contributed by atoms with van der Waals surface area (Å²) in [5, 5.41) is 8.77. The van der Waals surface area contributed by atoms with Crippen LogP contribution in [0.15, 0.2) is 47.4 Å². The van der Waals surface area contributed by atoms with Gasteiger partial charge in [0.1, 0.15) is 5.75 Å². The number of hydrogen-bond donors (Lipinski definition) is 1. The van der Waals surface area contributed by atoms with Gasteiger partial charge in [0.2, 0.25) is 0 Å². The van der Waals surface area contributed by atoms with E-state index in [1.807, 2.05) is 44.2 Å². The largest absolute Gasteiger partial charge is 0.492 e. The van der Waals surface area contributed by atoms with Crippen LogP contribution in [0.5, 0.6) is 5.75 Å². The smallest absolute Gasteiger partial charge is 0.306 e. The highest BCUT2D eigenvalue weighted by Crippen LogP contribution is 2.38. The molecule has 0 saturated carbocycles. The van der Waals surface area contributed by atoms with Gasteiger partial charge in [0.05, 0.1) is 23.6 Å². The number of para-hydroxylation sites is 1. The molecule has 28 heavy (non-hydrogen) atoms. The third-order valence-corrected chi connectivity index (χ3v) is 5.69. The molecule has 1 aliphatic heterocycles. The van der Waals surface area contributed by atoms with E-state index in [1.54, 1.807) is 23.1 Å². The molecule has 0 aliphatic carbocycles. The molecule has 0 atom stereocenters. The average molecular weight is 414 g/mol. The second-order valence-corrected chi connectivity index (χ2v) is 7.94. The number of hydrogen-bond acceptors (Lipinski definition) is 5. The molecule has 0 radical (unpaired) electrons. The molecule has 1 aliphatic rings. The van der Waals surface area contributed by atoms with Gasteiger partial charge in [-0.2, -0.15) is 0 Å². The molecule has 1 fully saturated rings. The van der Waals surface area contributed by atoms with Crippen molar-refractivity contribution in [1.82, 2.24) is 0 Å². The van der Waals surface area contributed by atoms with Crippen LogP contribution in [0, 0.1) is 13.8 Å². The molecule has 0 bridgehead atoms.